The molecule has 1 fully saturated rings. The summed E-state index contributed by atoms with van der Waals surface area (Å²) in [5.74, 6) is 1.10. The summed E-state index contributed by atoms with van der Waals surface area (Å²) in [6.45, 7) is 10.7. The fourth-order valence-electron chi connectivity index (χ4n) is 6.02. The minimum atomic E-state index is -1.21. The Hall–Kier alpha value is -4.56. The summed E-state index contributed by atoms with van der Waals surface area (Å²) in [6, 6.07) is 30.6. The molecule has 2 heterocycles. The van der Waals surface area contributed by atoms with Crippen molar-refractivity contribution in [2.75, 3.05) is 33.0 Å². The average molecular weight is 786 g/mol. The molecule has 0 aromatic heterocycles. The van der Waals surface area contributed by atoms with Gasteiger partial charge in [-0.15, -0.1) is 0 Å². The molecule has 2 aliphatic rings. The van der Waals surface area contributed by atoms with Gasteiger partial charge in [0, 0.05) is 34.3 Å². The fourth-order valence-corrected chi connectivity index (χ4v) is 6.02. The van der Waals surface area contributed by atoms with Crippen molar-refractivity contribution in [1.29, 1.82) is 0 Å². The highest BCUT2D eigenvalue weighted by Crippen LogP contribution is 2.37. The summed E-state index contributed by atoms with van der Waals surface area (Å²) in [6.07, 6.45) is 1.48. The molecule has 0 saturated carbocycles. The molecule has 0 aliphatic carbocycles. The topological polar surface area (TPSA) is 145 Å². The van der Waals surface area contributed by atoms with Crippen LogP contribution in [0.3, 0.4) is 0 Å². The zero-order valence-corrected chi connectivity index (χ0v) is 31.9. The lowest BCUT2D eigenvalue weighted by Gasteiger charge is -2.32. The van der Waals surface area contributed by atoms with Gasteiger partial charge in [0.25, 0.3) is 0 Å². The molecule has 306 valence electrons. The van der Waals surface area contributed by atoms with Gasteiger partial charge in [0.1, 0.15) is 23.9 Å². The number of carbonyl (C=O) groups is 1. The maximum absolute atomic E-state index is 11.6. The predicted molar refractivity (Wildman–Crippen MR) is 223 cm³/mol. The van der Waals surface area contributed by atoms with Gasteiger partial charge in [0.2, 0.25) is 6.54 Å². The van der Waals surface area contributed by atoms with Crippen molar-refractivity contribution in [2.45, 2.75) is 85.9 Å². The van der Waals surface area contributed by atoms with Gasteiger partial charge in [0.05, 0.1) is 50.8 Å². The zero-order valence-electron chi connectivity index (χ0n) is 31.9. The van der Waals surface area contributed by atoms with E-state index in [0.29, 0.717) is 79.6 Å². The van der Waals surface area contributed by atoms with Crippen molar-refractivity contribution in [3.63, 3.8) is 0 Å². The first kappa shape index (κ1) is 46.8. The number of hydrogen-bond donors (Lipinski definition) is 1. The Bertz CT molecular complexity index is 1810. The predicted octanol–water partition coefficient (Wildman–Crippen LogP) is 6.76. The van der Waals surface area contributed by atoms with E-state index >= 15 is 0 Å². The molecule has 1 saturated heterocycles. The highest BCUT2D eigenvalue weighted by atomic mass is 16.7. The molecule has 6 rings (SSSR count). The van der Waals surface area contributed by atoms with Gasteiger partial charge in [0.15, 0.2) is 0 Å². The van der Waals surface area contributed by atoms with Crippen molar-refractivity contribution >= 4 is 31.4 Å². The lowest BCUT2D eigenvalue weighted by molar-refractivity contribution is -0.490. The van der Waals surface area contributed by atoms with Crippen molar-refractivity contribution in [3.8, 4) is 11.5 Å². The molecular weight excluding hydrogens is 728 g/mol. The molecule has 0 spiro atoms. The minimum absolute atomic E-state index is 0. The quantitative estimate of drug-likeness (QED) is 0.0376. The van der Waals surface area contributed by atoms with E-state index in [1.54, 1.807) is 30.3 Å². The van der Waals surface area contributed by atoms with Crippen molar-refractivity contribution in [1.82, 2.24) is 0 Å². The Kier molecular flexibility index (Phi) is 18.4. The number of ether oxygens (including phenoxy) is 4. The second-order valence-corrected chi connectivity index (χ2v) is 14.2. The molecule has 57 heavy (non-hydrogen) atoms. The van der Waals surface area contributed by atoms with E-state index in [4.69, 9.17) is 32.9 Å². The summed E-state index contributed by atoms with van der Waals surface area (Å²) in [5.41, 5.74) is 3.53. The molecule has 1 unspecified atom stereocenters. The van der Waals surface area contributed by atoms with Crippen LogP contribution in [0.1, 0.15) is 88.5 Å². The van der Waals surface area contributed by atoms with Gasteiger partial charge in [-0.1, -0.05) is 99.8 Å². The van der Waals surface area contributed by atoms with Gasteiger partial charge in [-0.3, -0.25) is 14.9 Å². The summed E-state index contributed by atoms with van der Waals surface area (Å²) in [7, 11) is -1.86. The van der Waals surface area contributed by atoms with Gasteiger partial charge < -0.3 is 37.9 Å². The number of benzene rings is 4. The summed E-state index contributed by atoms with van der Waals surface area (Å²) >= 11 is 0. The third kappa shape index (κ3) is 13.0. The third-order valence-electron chi connectivity index (χ3n) is 9.62. The molecule has 12 nitrogen and oxygen atoms in total. The van der Waals surface area contributed by atoms with Crippen LogP contribution >= 0.6 is 0 Å². The Morgan fingerprint density at radius 1 is 0.719 bits per heavy atom. The minimum Gasteiger partial charge on any atom is -0.494 e. The average Bonchev–Trinajstić information content (AvgIpc) is 3.60. The van der Waals surface area contributed by atoms with Crippen LogP contribution in [0.15, 0.2) is 97.1 Å². The molecule has 14 heteroatoms. The van der Waals surface area contributed by atoms with Crippen molar-refractivity contribution in [2.24, 2.45) is 0 Å². The second-order valence-electron chi connectivity index (χ2n) is 14.2. The van der Waals surface area contributed by atoms with Gasteiger partial charge in [-0.2, -0.15) is 0 Å². The van der Waals surface area contributed by atoms with E-state index in [-0.39, 0.29) is 21.4 Å². The van der Waals surface area contributed by atoms with Crippen LogP contribution in [-0.4, -0.2) is 74.6 Å². The first-order valence-corrected chi connectivity index (χ1v) is 18.5. The number of fused-ring (bicyclic) bond motifs is 1. The molecule has 2 aliphatic heterocycles. The fraction of sp³-hybridized carbons (Fsp3) is 0.419. The van der Waals surface area contributed by atoms with Crippen molar-refractivity contribution < 1.29 is 47.7 Å². The SMILES string of the molecule is C.C.CC1(C)OB(c2c(C=O)cccc2OCCCOCc2ccccc2)OC1(C)C.O=[N+]([O-])CC1OB(O)c2c(OCCCOCc3ccccc3)cccc21. The monoisotopic (exact) mass is 785 g/mol. The van der Waals surface area contributed by atoms with E-state index in [2.05, 4.69) is 0 Å². The Labute approximate surface area is 338 Å². The molecule has 0 amide bonds. The van der Waals surface area contributed by atoms with Gasteiger partial charge >= 0.3 is 14.2 Å². The first-order valence-electron chi connectivity index (χ1n) is 18.5. The number of rotatable bonds is 18. The second kappa shape index (κ2) is 22.4. The normalized spacial score (nSPS) is 16.0. The molecule has 1 N–H and O–H groups in total. The molecule has 0 bridgehead atoms. The van der Waals surface area contributed by atoms with Gasteiger partial charge in [-0.05, 0) is 56.5 Å². The lowest BCUT2D eigenvalue weighted by Crippen LogP contribution is -2.41. The maximum atomic E-state index is 11.6. The summed E-state index contributed by atoms with van der Waals surface area (Å²) in [4.78, 5) is 21.9. The van der Waals surface area contributed by atoms with Crippen LogP contribution in [0.4, 0.5) is 0 Å². The molecule has 0 radical (unpaired) electrons. The Morgan fingerprint density at radius 2 is 1.21 bits per heavy atom. The largest absolute Gasteiger partial charge is 0.499 e. The molecular formula is C43H57B2NO11. The zero-order chi connectivity index (χ0) is 39.3. The number of carbonyl (C=O) groups excluding carboxylic acids is 1. The highest BCUT2D eigenvalue weighted by Gasteiger charge is 2.53. The molecule has 4 aromatic carbocycles. The van der Waals surface area contributed by atoms with Crippen molar-refractivity contribution in [3.05, 3.63) is 129 Å². The maximum Gasteiger partial charge on any atom is 0.499 e. The van der Waals surface area contributed by atoms with Crippen LogP contribution in [0.25, 0.3) is 0 Å². The van der Waals surface area contributed by atoms with Crippen LogP contribution in [0.2, 0.25) is 0 Å². The Balaban J connectivity index is 0.000000297. The van der Waals surface area contributed by atoms with Gasteiger partial charge in [-0.25, -0.2) is 0 Å². The van der Waals surface area contributed by atoms with E-state index in [9.17, 15) is 19.9 Å². The molecule has 1 atom stereocenters. The van der Waals surface area contributed by atoms with E-state index < -0.39 is 36.5 Å². The number of nitrogens with zero attached hydrogens (tertiary/aromatic N) is 1. The number of nitro groups is 1. The molecule has 4 aromatic rings. The Morgan fingerprint density at radius 3 is 1.70 bits per heavy atom. The third-order valence-corrected chi connectivity index (χ3v) is 9.62. The highest BCUT2D eigenvalue weighted by molar-refractivity contribution is 6.64. The smallest absolute Gasteiger partial charge is 0.494 e. The number of aldehydes is 1. The first-order chi connectivity index (χ1) is 26.5. The van der Waals surface area contributed by atoms with Crippen LogP contribution in [0.5, 0.6) is 11.5 Å². The van der Waals surface area contributed by atoms with Crippen LogP contribution in [-0.2, 0) is 36.7 Å². The van der Waals surface area contributed by atoms with Crippen LogP contribution < -0.4 is 20.4 Å². The van der Waals surface area contributed by atoms with E-state index in [0.717, 1.165) is 23.8 Å². The van der Waals surface area contributed by atoms with E-state index in [1.807, 2.05) is 94.4 Å². The van der Waals surface area contributed by atoms with Crippen LogP contribution in [0, 0.1) is 10.1 Å². The number of hydrogen-bond acceptors (Lipinski definition) is 11. The summed E-state index contributed by atoms with van der Waals surface area (Å²) < 4.78 is 40.6. The lowest BCUT2D eigenvalue weighted by atomic mass is 9.75. The summed E-state index contributed by atoms with van der Waals surface area (Å²) in [5, 5.41) is 20.8. The van der Waals surface area contributed by atoms with E-state index in [1.165, 1.54) is 0 Å². The standard InChI is InChI=1S/C23H29BO5.C18H20BNO6.2CH4/c1-22(2)23(3,4)29-24(28-22)21-19(16-25)12-8-13-20(21)27-15-9-14-26-17-18-10-6-5-7-11-18;21-19-18-15(17(26-19)12-20(22)23)8-4-9-16(18)25-11-5-10-24-13-14-6-2-1-3-7-14;;/h5-8,10-13,16H,9,14-15,17H2,1-4H3;1-4,6-9,17,21H,5,10-13H2;2*1H4.